The van der Waals surface area contributed by atoms with Crippen molar-refractivity contribution in [1.29, 1.82) is 0 Å². The number of halogens is 1. The summed E-state index contributed by atoms with van der Waals surface area (Å²) in [6.45, 7) is 6.85. The SMILES string of the molecule is CCn1c(SCc2ccc(F)cc2)nnc1C(C)Oc1ccc(C)cc1. The fraction of sp³-hybridized carbons (Fsp3) is 0.300. The van der Waals surface area contributed by atoms with E-state index in [1.54, 1.807) is 23.9 Å². The molecule has 1 unspecified atom stereocenters. The molecule has 1 aromatic heterocycles. The molecule has 26 heavy (non-hydrogen) atoms. The van der Waals surface area contributed by atoms with Crippen molar-refractivity contribution in [3.8, 4) is 5.75 Å². The van der Waals surface area contributed by atoms with Crippen LogP contribution in [-0.4, -0.2) is 14.8 Å². The highest BCUT2D eigenvalue weighted by molar-refractivity contribution is 7.98. The summed E-state index contributed by atoms with van der Waals surface area (Å²) < 4.78 is 21.1. The lowest BCUT2D eigenvalue weighted by Gasteiger charge is -2.15. The molecule has 3 aromatic rings. The number of hydrogen-bond acceptors (Lipinski definition) is 4. The van der Waals surface area contributed by atoms with Crippen molar-refractivity contribution in [2.45, 2.75) is 44.3 Å². The molecule has 0 fully saturated rings. The van der Waals surface area contributed by atoms with Crippen molar-refractivity contribution in [3.63, 3.8) is 0 Å². The zero-order valence-corrected chi connectivity index (χ0v) is 16.0. The Hall–Kier alpha value is -2.34. The molecule has 0 aliphatic carbocycles. The molecule has 0 saturated carbocycles. The fourth-order valence-corrected chi connectivity index (χ4v) is 3.57. The summed E-state index contributed by atoms with van der Waals surface area (Å²) in [6.07, 6.45) is -0.203. The molecular formula is C20H22FN3OS. The van der Waals surface area contributed by atoms with Crippen molar-refractivity contribution < 1.29 is 9.13 Å². The summed E-state index contributed by atoms with van der Waals surface area (Å²) in [7, 11) is 0. The maximum atomic E-state index is 13.0. The van der Waals surface area contributed by atoms with Crippen LogP contribution in [0.1, 0.15) is 36.9 Å². The van der Waals surface area contributed by atoms with Crippen molar-refractivity contribution >= 4 is 11.8 Å². The van der Waals surface area contributed by atoms with Gasteiger partial charge in [0.05, 0.1) is 0 Å². The van der Waals surface area contributed by atoms with Gasteiger partial charge in [0.2, 0.25) is 0 Å². The minimum atomic E-state index is -0.222. The Kier molecular flexibility index (Phi) is 5.93. The van der Waals surface area contributed by atoms with E-state index in [0.29, 0.717) is 5.75 Å². The van der Waals surface area contributed by atoms with Crippen LogP contribution < -0.4 is 4.74 Å². The van der Waals surface area contributed by atoms with Crippen molar-refractivity contribution in [3.05, 3.63) is 71.3 Å². The van der Waals surface area contributed by atoms with Crippen LogP contribution >= 0.6 is 11.8 Å². The van der Waals surface area contributed by atoms with Crippen molar-refractivity contribution in [2.75, 3.05) is 0 Å². The third kappa shape index (κ3) is 4.43. The summed E-state index contributed by atoms with van der Waals surface area (Å²) in [5.74, 6) is 2.11. The molecule has 2 aromatic carbocycles. The summed E-state index contributed by atoms with van der Waals surface area (Å²) in [5, 5.41) is 9.49. The van der Waals surface area contributed by atoms with E-state index in [0.717, 1.165) is 28.8 Å². The van der Waals surface area contributed by atoms with Crippen LogP contribution in [0.4, 0.5) is 4.39 Å². The largest absolute Gasteiger partial charge is 0.483 e. The smallest absolute Gasteiger partial charge is 0.191 e. The standard InChI is InChI=1S/C20H22FN3OS/c1-4-24-19(15(3)25-18-11-5-14(2)6-12-18)22-23-20(24)26-13-16-7-9-17(21)10-8-16/h5-12,15H,4,13H2,1-3H3. The molecule has 136 valence electrons. The van der Waals surface area contributed by atoms with Gasteiger partial charge in [-0.2, -0.15) is 0 Å². The second-order valence-electron chi connectivity index (χ2n) is 6.07. The number of thioether (sulfide) groups is 1. The van der Waals surface area contributed by atoms with Crippen LogP contribution in [0.2, 0.25) is 0 Å². The van der Waals surface area contributed by atoms with Crippen molar-refractivity contribution in [2.24, 2.45) is 0 Å². The molecule has 1 atom stereocenters. The van der Waals surface area contributed by atoms with Gasteiger partial charge >= 0.3 is 0 Å². The van der Waals surface area contributed by atoms with Crippen LogP contribution in [-0.2, 0) is 12.3 Å². The van der Waals surface area contributed by atoms with Gasteiger partial charge in [0, 0.05) is 12.3 Å². The number of nitrogens with zero attached hydrogens (tertiary/aromatic N) is 3. The van der Waals surface area contributed by atoms with Crippen LogP contribution in [0.25, 0.3) is 0 Å². The summed E-state index contributed by atoms with van der Waals surface area (Å²) >= 11 is 1.59. The van der Waals surface area contributed by atoms with E-state index in [-0.39, 0.29) is 11.9 Å². The van der Waals surface area contributed by atoms with Crippen LogP contribution in [0.5, 0.6) is 5.75 Å². The minimum Gasteiger partial charge on any atom is -0.483 e. The first-order chi connectivity index (χ1) is 12.6. The van der Waals surface area contributed by atoms with Crippen LogP contribution in [0, 0.1) is 12.7 Å². The normalized spacial score (nSPS) is 12.2. The maximum absolute atomic E-state index is 13.0. The number of aryl methyl sites for hydroxylation is 1. The van der Waals surface area contributed by atoms with Gasteiger partial charge in [-0.15, -0.1) is 10.2 Å². The van der Waals surface area contributed by atoms with E-state index in [1.807, 2.05) is 38.1 Å². The van der Waals surface area contributed by atoms with E-state index in [4.69, 9.17) is 4.74 Å². The number of ether oxygens (including phenoxy) is 1. The zero-order valence-electron chi connectivity index (χ0n) is 15.1. The molecule has 6 heteroatoms. The van der Waals surface area contributed by atoms with Gasteiger partial charge in [0.15, 0.2) is 17.1 Å². The number of benzene rings is 2. The molecule has 3 rings (SSSR count). The Bertz CT molecular complexity index is 846. The summed E-state index contributed by atoms with van der Waals surface area (Å²) in [4.78, 5) is 0. The van der Waals surface area contributed by atoms with Crippen molar-refractivity contribution in [1.82, 2.24) is 14.8 Å². The molecule has 0 amide bonds. The molecule has 0 bridgehead atoms. The Labute approximate surface area is 157 Å². The average molecular weight is 371 g/mol. The van der Waals surface area contributed by atoms with Gasteiger partial charge in [-0.3, -0.25) is 0 Å². The quantitative estimate of drug-likeness (QED) is 0.537. The Morgan fingerprint density at radius 3 is 2.42 bits per heavy atom. The Balaban J connectivity index is 1.70. The highest BCUT2D eigenvalue weighted by atomic mass is 32.2. The lowest BCUT2D eigenvalue weighted by molar-refractivity contribution is 0.210. The topological polar surface area (TPSA) is 39.9 Å². The van der Waals surface area contributed by atoms with E-state index in [9.17, 15) is 4.39 Å². The third-order valence-corrected chi connectivity index (χ3v) is 5.08. The first-order valence-corrected chi connectivity index (χ1v) is 9.59. The third-order valence-electron chi connectivity index (χ3n) is 4.04. The molecule has 0 radical (unpaired) electrons. The summed E-state index contributed by atoms with van der Waals surface area (Å²) in [5.41, 5.74) is 2.24. The lowest BCUT2D eigenvalue weighted by Crippen LogP contribution is -2.12. The highest BCUT2D eigenvalue weighted by Crippen LogP contribution is 2.26. The number of hydrogen-bond donors (Lipinski definition) is 0. The molecule has 0 saturated heterocycles. The highest BCUT2D eigenvalue weighted by Gasteiger charge is 2.18. The molecule has 0 N–H and O–H groups in total. The lowest BCUT2D eigenvalue weighted by atomic mass is 10.2. The van der Waals surface area contributed by atoms with E-state index in [2.05, 4.69) is 21.7 Å². The predicted octanol–water partition coefficient (Wildman–Crippen LogP) is 5.18. The second kappa shape index (κ2) is 8.36. The van der Waals surface area contributed by atoms with Gasteiger partial charge in [-0.05, 0) is 50.6 Å². The monoisotopic (exact) mass is 371 g/mol. The van der Waals surface area contributed by atoms with Gasteiger partial charge in [-0.1, -0.05) is 41.6 Å². The zero-order chi connectivity index (χ0) is 18.5. The van der Waals surface area contributed by atoms with Crippen LogP contribution in [0.15, 0.2) is 53.7 Å². The predicted molar refractivity (Wildman–Crippen MR) is 102 cm³/mol. The average Bonchev–Trinajstić information content (AvgIpc) is 3.06. The summed E-state index contributed by atoms with van der Waals surface area (Å²) in [6, 6.07) is 14.5. The number of rotatable bonds is 7. The molecule has 0 aliphatic rings. The molecule has 4 nitrogen and oxygen atoms in total. The first-order valence-electron chi connectivity index (χ1n) is 8.60. The van der Waals surface area contributed by atoms with Gasteiger partial charge in [0.1, 0.15) is 11.6 Å². The van der Waals surface area contributed by atoms with Gasteiger partial charge in [-0.25, -0.2) is 4.39 Å². The first kappa shape index (κ1) is 18.5. The van der Waals surface area contributed by atoms with Gasteiger partial charge < -0.3 is 9.30 Å². The molecule has 0 spiro atoms. The Morgan fingerprint density at radius 1 is 1.08 bits per heavy atom. The van der Waals surface area contributed by atoms with E-state index < -0.39 is 0 Å². The molecule has 1 heterocycles. The number of aromatic nitrogens is 3. The second-order valence-corrected chi connectivity index (χ2v) is 7.02. The maximum Gasteiger partial charge on any atom is 0.191 e. The molecule has 0 aliphatic heterocycles. The Morgan fingerprint density at radius 2 is 1.77 bits per heavy atom. The molecular weight excluding hydrogens is 349 g/mol. The van der Waals surface area contributed by atoms with E-state index >= 15 is 0 Å². The van der Waals surface area contributed by atoms with Crippen LogP contribution in [0.3, 0.4) is 0 Å². The fourth-order valence-electron chi connectivity index (χ4n) is 2.61. The van der Waals surface area contributed by atoms with E-state index in [1.165, 1.54) is 17.7 Å². The minimum absolute atomic E-state index is 0.203. The van der Waals surface area contributed by atoms with Gasteiger partial charge in [0.25, 0.3) is 0 Å².